The molecule has 4 rings (SSSR count). The van der Waals surface area contributed by atoms with Crippen molar-refractivity contribution in [1.29, 1.82) is 0 Å². The molecule has 0 aromatic heterocycles. The Kier molecular flexibility index (Phi) is 4.30. The highest BCUT2D eigenvalue weighted by Crippen LogP contribution is 2.46. The van der Waals surface area contributed by atoms with Crippen LogP contribution in [-0.2, 0) is 14.9 Å². The summed E-state index contributed by atoms with van der Waals surface area (Å²) in [6.45, 7) is 4.36. The second-order valence-electron chi connectivity index (χ2n) is 7.34. The van der Waals surface area contributed by atoms with Crippen LogP contribution < -0.4 is 9.64 Å². The molecular weight excluding hydrogens is 352 g/mol. The standard InChI is InChI=1S/C23H22N2O3/c1-23(2)17-7-5-6-8-19(17)25(3)20(23)14-13-18-22(26)28-21(24-18)15-9-11-16(27-4)12-10-15/h5-14H,1-4H3/b18-13-,20-14+. The Morgan fingerprint density at radius 2 is 1.79 bits per heavy atom. The third kappa shape index (κ3) is 2.89. The molecule has 0 saturated heterocycles. The van der Waals surface area contributed by atoms with Gasteiger partial charge in [0.2, 0.25) is 5.90 Å². The van der Waals surface area contributed by atoms with Gasteiger partial charge < -0.3 is 14.4 Å². The zero-order valence-corrected chi connectivity index (χ0v) is 16.4. The molecule has 2 aliphatic rings. The molecule has 2 aromatic carbocycles. The van der Waals surface area contributed by atoms with Crippen LogP contribution in [0.5, 0.6) is 5.75 Å². The summed E-state index contributed by atoms with van der Waals surface area (Å²) in [5, 5.41) is 0. The van der Waals surface area contributed by atoms with Gasteiger partial charge in [-0.15, -0.1) is 0 Å². The van der Waals surface area contributed by atoms with Crippen LogP contribution >= 0.6 is 0 Å². The molecule has 0 spiro atoms. The van der Waals surface area contributed by atoms with E-state index >= 15 is 0 Å². The molecule has 0 amide bonds. The summed E-state index contributed by atoms with van der Waals surface area (Å²) in [5.41, 5.74) is 4.40. The lowest BCUT2D eigenvalue weighted by molar-refractivity contribution is -0.130. The van der Waals surface area contributed by atoms with Gasteiger partial charge in [0, 0.05) is 29.4 Å². The summed E-state index contributed by atoms with van der Waals surface area (Å²) in [7, 11) is 3.65. The summed E-state index contributed by atoms with van der Waals surface area (Å²) < 4.78 is 10.5. The Labute approximate surface area is 164 Å². The van der Waals surface area contributed by atoms with E-state index < -0.39 is 5.97 Å². The molecule has 5 heteroatoms. The highest BCUT2D eigenvalue weighted by atomic mass is 16.6. The molecule has 0 fully saturated rings. The fraction of sp³-hybridized carbons (Fsp3) is 0.217. The fourth-order valence-corrected chi connectivity index (χ4v) is 3.74. The van der Waals surface area contributed by atoms with Crippen molar-refractivity contribution in [3.8, 4) is 5.75 Å². The predicted octanol–water partition coefficient (Wildman–Crippen LogP) is 4.19. The van der Waals surface area contributed by atoms with E-state index in [2.05, 4.69) is 41.9 Å². The topological polar surface area (TPSA) is 51.1 Å². The maximum absolute atomic E-state index is 12.3. The molecule has 0 saturated carbocycles. The summed E-state index contributed by atoms with van der Waals surface area (Å²) in [4.78, 5) is 18.8. The molecule has 28 heavy (non-hydrogen) atoms. The van der Waals surface area contributed by atoms with Gasteiger partial charge in [0.05, 0.1) is 7.11 Å². The average Bonchev–Trinajstić information content (AvgIpc) is 3.16. The van der Waals surface area contributed by atoms with Gasteiger partial charge in [0.15, 0.2) is 5.70 Å². The van der Waals surface area contributed by atoms with Crippen LogP contribution in [0, 0.1) is 0 Å². The number of methoxy groups -OCH3 is 1. The van der Waals surface area contributed by atoms with Crippen LogP contribution in [0.4, 0.5) is 5.69 Å². The number of aliphatic imine (C=N–C) groups is 1. The van der Waals surface area contributed by atoms with Crippen LogP contribution in [0.25, 0.3) is 0 Å². The quantitative estimate of drug-likeness (QED) is 0.597. The lowest BCUT2D eigenvalue weighted by atomic mass is 9.84. The van der Waals surface area contributed by atoms with Gasteiger partial charge in [0.25, 0.3) is 0 Å². The Hall–Kier alpha value is -3.34. The number of hydrogen-bond donors (Lipinski definition) is 0. The molecule has 0 bridgehead atoms. The number of nitrogens with zero attached hydrogens (tertiary/aromatic N) is 2. The third-order valence-electron chi connectivity index (χ3n) is 5.30. The van der Waals surface area contributed by atoms with Crippen molar-refractivity contribution in [3.63, 3.8) is 0 Å². The molecule has 0 atom stereocenters. The number of carbonyl (C=O) groups is 1. The molecule has 0 unspecified atom stereocenters. The smallest absolute Gasteiger partial charge is 0.363 e. The van der Waals surface area contributed by atoms with E-state index in [1.807, 2.05) is 43.5 Å². The molecule has 0 N–H and O–H groups in total. The Morgan fingerprint density at radius 3 is 2.46 bits per heavy atom. The average molecular weight is 374 g/mol. The molecule has 142 valence electrons. The van der Waals surface area contributed by atoms with Crippen molar-refractivity contribution >= 4 is 17.6 Å². The third-order valence-corrected chi connectivity index (χ3v) is 5.30. The number of likely N-dealkylation sites (N-methyl/N-ethyl adjacent to an activating group) is 1. The molecule has 2 heterocycles. The van der Waals surface area contributed by atoms with E-state index in [-0.39, 0.29) is 5.41 Å². The summed E-state index contributed by atoms with van der Waals surface area (Å²) in [6, 6.07) is 15.6. The molecular formula is C23H22N2O3. The number of benzene rings is 2. The molecule has 2 aromatic rings. The van der Waals surface area contributed by atoms with E-state index in [1.54, 1.807) is 13.2 Å². The molecule has 5 nitrogen and oxygen atoms in total. The van der Waals surface area contributed by atoms with Crippen molar-refractivity contribution in [2.75, 3.05) is 19.1 Å². The largest absolute Gasteiger partial charge is 0.497 e. The minimum Gasteiger partial charge on any atom is -0.497 e. The highest BCUT2D eigenvalue weighted by molar-refractivity contribution is 6.11. The van der Waals surface area contributed by atoms with E-state index in [1.165, 1.54) is 11.3 Å². The molecule has 2 aliphatic heterocycles. The first-order valence-electron chi connectivity index (χ1n) is 9.13. The number of rotatable bonds is 3. The summed E-state index contributed by atoms with van der Waals surface area (Å²) >= 11 is 0. The highest BCUT2D eigenvalue weighted by Gasteiger charge is 2.38. The van der Waals surface area contributed by atoms with Crippen molar-refractivity contribution < 1.29 is 14.3 Å². The van der Waals surface area contributed by atoms with E-state index in [0.29, 0.717) is 11.6 Å². The van der Waals surface area contributed by atoms with E-state index in [0.717, 1.165) is 17.0 Å². The number of esters is 1. The van der Waals surface area contributed by atoms with Gasteiger partial charge in [-0.1, -0.05) is 32.0 Å². The van der Waals surface area contributed by atoms with E-state index in [9.17, 15) is 4.79 Å². The number of allylic oxidation sites excluding steroid dienone is 3. The number of cyclic esters (lactones) is 1. The molecule has 0 aliphatic carbocycles. The zero-order valence-electron chi connectivity index (χ0n) is 16.4. The number of fused-ring (bicyclic) bond motifs is 1. The first-order valence-corrected chi connectivity index (χ1v) is 9.13. The summed E-state index contributed by atoms with van der Waals surface area (Å²) in [5.74, 6) is 0.596. The van der Waals surface area contributed by atoms with Crippen molar-refractivity contribution in [2.45, 2.75) is 19.3 Å². The van der Waals surface area contributed by atoms with Gasteiger partial charge in [-0.05, 0) is 48.0 Å². The number of hydrogen-bond acceptors (Lipinski definition) is 5. The summed E-state index contributed by atoms with van der Waals surface area (Å²) in [6.07, 6.45) is 3.69. The fourth-order valence-electron chi connectivity index (χ4n) is 3.74. The first kappa shape index (κ1) is 18.0. The van der Waals surface area contributed by atoms with E-state index in [4.69, 9.17) is 9.47 Å². The predicted molar refractivity (Wildman–Crippen MR) is 110 cm³/mol. The number of para-hydroxylation sites is 1. The minimum atomic E-state index is -0.446. The van der Waals surface area contributed by atoms with Gasteiger partial charge in [-0.3, -0.25) is 0 Å². The Bertz CT molecular complexity index is 1030. The van der Waals surface area contributed by atoms with Gasteiger partial charge in [-0.25, -0.2) is 9.79 Å². The first-order chi connectivity index (χ1) is 13.4. The van der Waals surface area contributed by atoms with Gasteiger partial charge in [-0.2, -0.15) is 0 Å². The van der Waals surface area contributed by atoms with Crippen LogP contribution in [0.3, 0.4) is 0 Å². The Morgan fingerprint density at radius 1 is 1.07 bits per heavy atom. The van der Waals surface area contributed by atoms with Crippen molar-refractivity contribution in [3.05, 3.63) is 83.2 Å². The van der Waals surface area contributed by atoms with Crippen LogP contribution in [0.1, 0.15) is 25.0 Å². The number of anilines is 1. The SMILES string of the molecule is COc1ccc(C2=N/C(=C\C=C3\N(C)c4ccccc4C3(C)C)C(=O)O2)cc1. The second-order valence-corrected chi connectivity index (χ2v) is 7.34. The monoisotopic (exact) mass is 374 g/mol. The number of carbonyl (C=O) groups excluding carboxylic acids is 1. The van der Waals surface area contributed by atoms with Crippen molar-refractivity contribution in [1.82, 2.24) is 0 Å². The van der Waals surface area contributed by atoms with Crippen LogP contribution in [0.15, 0.2) is 77.1 Å². The zero-order chi connectivity index (χ0) is 19.9. The lowest BCUT2D eigenvalue weighted by Crippen LogP contribution is -2.22. The second kappa shape index (κ2) is 6.68. The van der Waals surface area contributed by atoms with Crippen LogP contribution in [0.2, 0.25) is 0 Å². The normalized spacial score (nSPS) is 20.4. The lowest BCUT2D eigenvalue weighted by Gasteiger charge is -2.23. The van der Waals surface area contributed by atoms with Gasteiger partial charge in [0.1, 0.15) is 5.75 Å². The minimum absolute atomic E-state index is 0.159. The van der Waals surface area contributed by atoms with Crippen molar-refractivity contribution in [2.24, 2.45) is 4.99 Å². The number of ether oxygens (including phenoxy) is 2. The molecule has 0 radical (unpaired) electrons. The Balaban J connectivity index is 1.65. The van der Waals surface area contributed by atoms with Gasteiger partial charge >= 0.3 is 5.97 Å². The maximum Gasteiger partial charge on any atom is 0.363 e. The maximum atomic E-state index is 12.3. The van der Waals surface area contributed by atoms with Crippen LogP contribution in [-0.4, -0.2) is 26.0 Å².